The molecular formula is C12H20N4. The van der Waals surface area contributed by atoms with Crippen LogP contribution >= 0.6 is 0 Å². The highest BCUT2D eigenvalue weighted by Gasteiger charge is 2.53. The van der Waals surface area contributed by atoms with Gasteiger partial charge in [0.2, 0.25) is 0 Å². The van der Waals surface area contributed by atoms with Gasteiger partial charge in [0.15, 0.2) is 0 Å². The Morgan fingerprint density at radius 1 is 1.50 bits per heavy atom. The third-order valence-electron chi connectivity index (χ3n) is 4.21. The molecule has 2 aliphatic rings. The number of aryl methyl sites for hydroxylation is 2. The largest absolute Gasteiger partial charge is 0.394 e. The number of nitrogens with two attached hydrogens (primary N) is 1. The summed E-state index contributed by atoms with van der Waals surface area (Å²) in [7, 11) is 1.95. The van der Waals surface area contributed by atoms with Crippen LogP contribution in [-0.2, 0) is 7.05 Å². The van der Waals surface area contributed by atoms with Crippen LogP contribution in [0.4, 0.5) is 11.5 Å². The van der Waals surface area contributed by atoms with E-state index >= 15 is 0 Å². The number of nitrogens with zero attached hydrogens (tertiary/aromatic N) is 2. The van der Waals surface area contributed by atoms with Crippen molar-refractivity contribution in [1.29, 1.82) is 0 Å². The molecule has 4 heteroatoms. The monoisotopic (exact) mass is 220 g/mol. The number of nitrogen functional groups attached to an aromatic ring is 1. The van der Waals surface area contributed by atoms with Gasteiger partial charge < -0.3 is 11.1 Å². The van der Waals surface area contributed by atoms with Gasteiger partial charge in [-0.15, -0.1) is 0 Å². The zero-order chi connectivity index (χ0) is 11.3. The summed E-state index contributed by atoms with van der Waals surface area (Å²) in [5.74, 6) is 1.97. The molecule has 0 atom stereocenters. The van der Waals surface area contributed by atoms with Crippen molar-refractivity contribution < 1.29 is 0 Å². The first-order valence-corrected chi connectivity index (χ1v) is 6.15. The summed E-state index contributed by atoms with van der Waals surface area (Å²) in [6.07, 6.45) is 5.64. The Hall–Kier alpha value is -1.19. The highest BCUT2D eigenvalue weighted by atomic mass is 15.3. The molecule has 2 fully saturated rings. The molecule has 16 heavy (non-hydrogen) atoms. The molecule has 3 N–H and O–H groups in total. The fourth-order valence-electron chi connectivity index (χ4n) is 2.73. The molecule has 2 saturated carbocycles. The van der Waals surface area contributed by atoms with E-state index in [4.69, 9.17) is 5.73 Å². The van der Waals surface area contributed by atoms with Crippen molar-refractivity contribution in [3.8, 4) is 0 Å². The van der Waals surface area contributed by atoms with Crippen LogP contribution in [-0.4, -0.2) is 16.3 Å². The van der Waals surface area contributed by atoms with Crippen molar-refractivity contribution in [2.45, 2.75) is 32.6 Å². The Balaban J connectivity index is 1.70. The van der Waals surface area contributed by atoms with Crippen molar-refractivity contribution in [2.24, 2.45) is 18.4 Å². The lowest BCUT2D eigenvalue weighted by Crippen LogP contribution is -2.19. The van der Waals surface area contributed by atoms with Crippen LogP contribution in [0.25, 0.3) is 0 Å². The lowest BCUT2D eigenvalue weighted by molar-refractivity contribution is 0.465. The van der Waals surface area contributed by atoms with Gasteiger partial charge in [0.25, 0.3) is 0 Å². The molecule has 0 saturated heterocycles. The minimum absolute atomic E-state index is 0.602. The SMILES string of the molecule is Cc1nn(C)c(NCC2(C3CC3)CC2)c1N. The molecule has 4 nitrogen and oxygen atoms in total. The van der Waals surface area contributed by atoms with Gasteiger partial charge >= 0.3 is 0 Å². The molecule has 0 aliphatic heterocycles. The van der Waals surface area contributed by atoms with Crippen molar-refractivity contribution >= 4 is 11.5 Å². The van der Waals surface area contributed by atoms with Gasteiger partial charge in [0, 0.05) is 13.6 Å². The maximum absolute atomic E-state index is 6.00. The molecule has 0 bridgehead atoms. The first-order valence-electron chi connectivity index (χ1n) is 6.15. The molecule has 1 aromatic rings. The zero-order valence-corrected chi connectivity index (χ0v) is 10.1. The molecule has 88 valence electrons. The molecule has 3 rings (SSSR count). The number of nitrogens with one attached hydrogen (secondary N) is 1. The Kier molecular flexibility index (Phi) is 1.97. The minimum Gasteiger partial charge on any atom is -0.394 e. The summed E-state index contributed by atoms with van der Waals surface area (Å²) in [5, 5.41) is 7.82. The van der Waals surface area contributed by atoms with E-state index in [1.165, 1.54) is 25.7 Å². The Labute approximate surface area is 96.2 Å². The molecule has 0 unspecified atom stereocenters. The van der Waals surface area contributed by atoms with E-state index in [0.29, 0.717) is 5.41 Å². The lowest BCUT2D eigenvalue weighted by Gasteiger charge is -2.16. The highest BCUT2D eigenvalue weighted by molar-refractivity contribution is 5.64. The van der Waals surface area contributed by atoms with Gasteiger partial charge in [-0.3, -0.25) is 4.68 Å². The molecular weight excluding hydrogens is 200 g/mol. The summed E-state index contributed by atoms with van der Waals surface area (Å²) < 4.78 is 1.85. The van der Waals surface area contributed by atoms with Crippen LogP contribution in [0.1, 0.15) is 31.4 Å². The van der Waals surface area contributed by atoms with E-state index in [0.717, 1.165) is 29.7 Å². The van der Waals surface area contributed by atoms with Gasteiger partial charge in [0.1, 0.15) is 5.82 Å². The van der Waals surface area contributed by atoms with E-state index in [1.54, 1.807) is 0 Å². The van der Waals surface area contributed by atoms with Crippen molar-refractivity contribution in [2.75, 3.05) is 17.6 Å². The van der Waals surface area contributed by atoms with Crippen LogP contribution in [0.15, 0.2) is 0 Å². The normalized spacial score (nSPS) is 22.1. The first-order chi connectivity index (χ1) is 7.62. The zero-order valence-electron chi connectivity index (χ0n) is 10.1. The van der Waals surface area contributed by atoms with Crippen molar-refractivity contribution in [3.63, 3.8) is 0 Å². The van der Waals surface area contributed by atoms with Crippen LogP contribution < -0.4 is 11.1 Å². The van der Waals surface area contributed by atoms with Gasteiger partial charge in [0.05, 0.1) is 11.4 Å². The average Bonchev–Trinajstić information content (AvgIpc) is 3.11. The fourth-order valence-corrected chi connectivity index (χ4v) is 2.73. The second-order valence-corrected chi connectivity index (χ2v) is 5.46. The molecule has 0 amide bonds. The Morgan fingerprint density at radius 3 is 2.62 bits per heavy atom. The number of rotatable bonds is 4. The van der Waals surface area contributed by atoms with E-state index in [-0.39, 0.29) is 0 Å². The molecule has 0 spiro atoms. The van der Waals surface area contributed by atoms with E-state index in [1.807, 2.05) is 18.7 Å². The second kappa shape index (κ2) is 3.15. The van der Waals surface area contributed by atoms with Gasteiger partial charge in [-0.05, 0) is 43.9 Å². The highest BCUT2D eigenvalue weighted by Crippen LogP contribution is 2.61. The third kappa shape index (κ3) is 1.47. The van der Waals surface area contributed by atoms with Crippen LogP contribution in [0.2, 0.25) is 0 Å². The van der Waals surface area contributed by atoms with E-state index in [2.05, 4.69) is 10.4 Å². The van der Waals surface area contributed by atoms with Crippen LogP contribution in [0, 0.1) is 18.3 Å². The predicted octanol–water partition coefficient (Wildman–Crippen LogP) is 1.91. The summed E-state index contributed by atoms with van der Waals surface area (Å²) in [6, 6.07) is 0. The molecule has 0 radical (unpaired) electrons. The lowest BCUT2D eigenvalue weighted by atomic mass is 10.0. The predicted molar refractivity (Wildman–Crippen MR) is 65.2 cm³/mol. The number of anilines is 2. The Morgan fingerprint density at radius 2 is 2.19 bits per heavy atom. The van der Waals surface area contributed by atoms with Crippen molar-refractivity contribution in [3.05, 3.63) is 5.69 Å². The topological polar surface area (TPSA) is 55.9 Å². The second-order valence-electron chi connectivity index (χ2n) is 5.46. The Bertz CT molecular complexity index is 413. The van der Waals surface area contributed by atoms with Crippen molar-refractivity contribution in [1.82, 2.24) is 9.78 Å². The number of aromatic nitrogens is 2. The van der Waals surface area contributed by atoms with Crippen LogP contribution in [0.3, 0.4) is 0 Å². The standard InChI is InChI=1S/C12H20N4/c1-8-10(13)11(16(2)15-8)14-7-12(5-6-12)9-3-4-9/h9,14H,3-7,13H2,1-2H3. The average molecular weight is 220 g/mol. The minimum atomic E-state index is 0.602. The van der Waals surface area contributed by atoms with E-state index in [9.17, 15) is 0 Å². The fraction of sp³-hybridized carbons (Fsp3) is 0.750. The summed E-state index contributed by atoms with van der Waals surface area (Å²) in [4.78, 5) is 0. The quantitative estimate of drug-likeness (QED) is 0.815. The van der Waals surface area contributed by atoms with Gasteiger partial charge in [-0.2, -0.15) is 5.10 Å². The first kappa shape index (κ1) is 10.00. The molecule has 0 aromatic carbocycles. The third-order valence-corrected chi connectivity index (χ3v) is 4.21. The number of hydrogen-bond donors (Lipinski definition) is 2. The summed E-state index contributed by atoms with van der Waals surface area (Å²) in [6.45, 7) is 3.02. The molecule has 1 heterocycles. The maximum Gasteiger partial charge on any atom is 0.147 e. The van der Waals surface area contributed by atoms with E-state index < -0.39 is 0 Å². The maximum atomic E-state index is 6.00. The molecule has 2 aliphatic carbocycles. The number of hydrogen-bond acceptors (Lipinski definition) is 3. The summed E-state index contributed by atoms with van der Waals surface area (Å²) in [5.41, 5.74) is 8.32. The van der Waals surface area contributed by atoms with Crippen LogP contribution in [0.5, 0.6) is 0 Å². The van der Waals surface area contributed by atoms with Gasteiger partial charge in [-0.25, -0.2) is 0 Å². The molecule has 1 aromatic heterocycles. The smallest absolute Gasteiger partial charge is 0.147 e. The van der Waals surface area contributed by atoms with Gasteiger partial charge in [-0.1, -0.05) is 0 Å². The summed E-state index contributed by atoms with van der Waals surface area (Å²) >= 11 is 0.